The number of hydrogen-bond donors (Lipinski definition) is 2. The maximum absolute atomic E-state index is 9.34. The molecule has 1 aromatic rings. The van der Waals surface area contributed by atoms with Crippen molar-refractivity contribution in [3.05, 3.63) is 29.3 Å². The SMILES string of the molecule is COCCNCc1ccc(N(C)CCC(C)O)cc1C. The van der Waals surface area contributed by atoms with Crippen molar-refractivity contribution in [2.24, 2.45) is 0 Å². The van der Waals surface area contributed by atoms with Crippen LogP contribution in [0.25, 0.3) is 0 Å². The first-order valence-corrected chi connectivity index (χ1v) is 7.23. The van der Waals surface area contributed by atoms with Crippen molar-refractivity contribution in [1.29, 1.82) is 0 Å². The van der Waals surface area contributed by atoms with Gasteiger partial charge in [-0.2, -0.15) is 0 Å². The van der Waals surface area contributed by atoms with Crippen LogP contribution in [-0.4, -0.2) is 45.1 Å². The van der Waals surface area contributed by atoms with Gasteiger partial charge in [-0.05, 0) is 43.5 Å². The molecule has 20 heavy (non-hydrogen) atoms. The lowest BCUT2D eigenvalue weighted by atomic mass is 10.1. The Bertz CT molecular complexity index is 394. The van der Waals surface area contributed by atoms with Crippen LogP contribution in [0.4, 0.5) is 5.69 Å². The third kappa shape index (κ3) is 5.90. The highest BCUT2D eigenvalue weighted by Crippen LogP contribution is 2.18. The molecule has 1 aromatic carbocycles. The Morgan fingerprint density at radius 3 is 2.75 bits per heavy atom. The largest absolute Gasteiger partial charge is 0.393 e. The van der Waals surface area contributed by atoms with Gasteiger partial charge in [-0.1, -0.05) is 6.07 Å². The van der Waals surface area contributed by atoms with Gasteiger partial charge in [0.25, 0.3) is 0 Å². The number of nitrogens with zero attached hydrogens (tertiary/aromatic N) is 1. The summed E-state index contributed by atoms with van der Waals surface area (Å²) in [5.74, 6) is 0. The highest BCUT2D eigenvalue weighted by molar-refractivity contribution is 5.50. The Labute approximate surface area is 122 Å². The Morgan fingerprint density at radius 2 is 2.15 bits per heavy atom. The molecule has 0 aliphatic heterocycles. The molecule has 2 N–H and O–H groups in total. The molecule has 4 nitrogen and oxygen atoms in total. The standard InChI is InChI=1S/C16H28N2O2/c1-13-11-16(18(3)9-7-14(2)19)6-5-15(13)12-17-8-10-20-4/h5-6,11,14,17,19H,7-10,12H2,1-4H3. The fourth-order valence-corrected chi connectivity index (χ4v) is 2.02. The molecule has 0 heterocycles. The van der Waals surface area contributed by atoms with E-state index in [0.29, 0.717) is 0 Å². The van der Waals surface area contributed by atoms with Gasteiger partial charge < -0.3 is 20.1 Å². The van der Waals surface area contributed by atoms with Crippen LogP contribution in [0, 0.1) is 6.92 Å². The van der Waals surface area contributed by atoms with E-state index in [-0.39, 0.29) is 6.10 Å². The molecular formula is C16H28N2O2. The second kappa shape index (κ2) is 8.95. The summed E-state index contributed by atoms with van der Waals surface area (Å²) in [7, 11) is 3.78. The summed E-state index contributed by atoms with van der Waals surface area (Å²) in [5.41, 5.74) is 3.80. The summed E-state index contributed by atoms with van der Waals surface area (Å²) in [6.07, 6.45) is 0.540. The minimum Gasteiger partial charge on any atom is -0.393 e. The molecule has 0 radical (unpaired) electrons. The third-order valence-corrected chi connectivity index (χ3v) is 3.45. The van der Waals surface area contributed by atoms with Gasteiger partial charge in [-0.15, -0.1) is 0 Å². The number of nitrogens with one attached hydrogen (secondary N) is 1. The third-order valence-electron chi connectivity index (χ3n) is 3.45. The number of aliphatic hydroxyl groups excluding tert-OH is 1. The first-order chi connectivity index (χ1) is 9.54. The molecule has 0 amide bonds. The number of anilines is 1. The molecule has 114 valence electrons. The summed E-state index contributed by atoms with van der Waals surface area (Å²) in [6.45, 7) is 7.30. The Hall–Kier alpha value is -1.10. The summed E-state index contributed by atoms with van der Waals surface area (Å²) < 4.78 is 5.02. The predicted octanol–water partition coefficient (Wildman–Crippen LogP) is 1.94. The summed E-state index contributed by atoms with van der Waals surface area (Å²) in [5, 5.41) is 12.7. The number of aliphatic hydroxyl groups is 1. The van der Waals surface area contributed by atoms with Crippen molar-refractivity contribution >= 4 is 5.69 Å². The molecule has 0 aliphatic rings. The number of benzene rings is 1. The van der Waals surface area contributed by atoms with Gasteiger partial charge in [0.1, 0.15) is 0 Å². The van der Waals surface area contributed by atoms with Crippen LogP contribution >= 0.6 is 0 Å². The Balaban J connectivity index is 2.53. The van der Waals surface area contributed by atoms with E-state index in [1.54, 1.807) is 7.11 Å². The highest BCUT2D eigenvalue weighted by atomic mass is 16.5. The van der Waals surface area contributed by atoms with E-state index in [1.165, 1.54) is 16.8 Å². The number of hydrogen-bond acceptors (Lipinski definition) is 4. The second-order valence-electron chi connectivity index (χ2n) is 5.34. The lowest BCUT2D eigenvalue weighted by molar-refractivity contribution is 0.187. The number of rotatable bonds is 9. The van der Waals surface area contributed by atoms with Crippen molar-refractivity contribution < 1.29 is 9.84 Å². The van der Waals surface area contributed by atoms with Gasteiger partial charge >= 0.3 is 0 Å². The summed E-state index contributed by atoms with van der Waals surface area (Å²) >= 11 is 0. The van der Waals surface area contributed by atoms with Gasteiger partial charge in [0.2, 0.25) is 0 Å². The molecule has 0 saturated heterocycles. The minimum atomic E-state index is -0.247. The minimum absolute atomic E-state index is 0.247. The molecule has 0 aliphatic carbocycles. The predicted molar refractivity (Wildman–Crippen MR) is 84.3 cm³/mol. The van der Waals surface area contributed by atoms with Crippen molar-refractivity contribution in [2.45, 2.75) is 32.9 Å². The van der Waals surface area contributed by atoms with Crippen LogP contribution in [-0.2, 0) is 11.3 Å². The molecule has 0 fully saturated rings. The van der Waals surface area contributed by atoms with Crippen LogP contribution < -0.4 is 10.2 Å². The van der Waals surface area contributed by atoms with Crippen molar-refractivity contribution in [3.63, 3.8) is 0 Å². The summed E-state index contributed by atoms with van der Waals surface area (Å²) in [6, 6.07) is 6.51. The topological polar surface area (TPSA) is 44.7 Å². The molecule has 0 spiro atoms. The van der Waals surface area contributed by atoms with Crippen LogP contribution in [0.2, 0.25) is 0 Å². The van der Waals surface area contributed by atoms with E-state index in [1.807, 2.05) is 6.92 Å². The average molecular weight is 280 g/mol. The molecule has 1 rings (SSSR count). The Kier molecular flexibility index (Phi) is 7.59. The fraction of sp³-hybridized carbons (Fsp3) is 0.625. The van der Waals surface area contributed by atoms with Crippen LogP contribution in [0.5, 0.6) is 0 Å². The van der Waals surface area contributed by atoms with E-state index in [2.05, 4.69) is 42.4 Å². The lowest BCUT2D eigenvalue weighted by Gasteiger charge is -2.21. The first-order valence-electron chi connectivity index (χ1n) is 7.23. The van der Waals surface area contributed by atoms with Crippen molar-refractivity contribution in [2.75, 3.05) is 38.8 Å². The summed E-state index contributed by atoms with van der Waals surface area (Å²) in [4.78, 5) is 2.18. The zero-order valence-electron chi connectivity index (χ0n) is 13.1. The second-order valence-corrected chi connectivity index (χ2v) is 5.34. The van der Waals surface area contributed by atoms with E-state index in [9.17, 15) is 5.11 Å². The zero-order chi connectivity index (χ0) is 15.0. The number of aryl methyl sites for hydroxylation is 1. The zero-order valence-corrected chi connectivity index (χ0v) is 13.1. The maximum atomic E-state index is 9.34. The van der Waals surface area contributed by atoms with Crippen molar-refractivity contribution in [1.82, 2.24) is 5.32 Å². The highest BCUT2D eigenvalue weighted by Gasteiger charge is 2.05. The normalized spacial score (nSPS) is 12.4. The quantitative estimate of drug-likeness (QED) is 0.679. The molecule has 1 unspecified atom stereocenters. The van der Waals surface area contributed by atoms with E-state index < -0.39 is 0 Å². The van der Waals surface area contributed by atoms with Crippen LogP contribution in [0.15, 0.2) is 18.2 Å². The fourth-order valence-electron chi connectivity index (χ4n) is 2.02. The Morgan fingerprint density at radius 1 is 1.40 bits per heavy atom. The molecule has 0 saturated carbocycles. The molecular weight excluding hydrogens is 252 g/mol. The van der Waals surface area contributed by atoms with Crippen LogP contribution in [0.3, 0.4) is 0 Å². The van der Waals surface area contributed by atoms with Gasteiger partial charge in [-0.3, -0.25) is 0 Å². The monoisotopic (exact) mass is 280 g/mol. The van der Waals surface area contributed by atoms with E-state index in [0.717, 1.165) is 32.7 Å². The molecule has 0 aromatic heterocycles. The van der Waals surface area contributed by atoms with Gasteiger partial charge in [0.15, 0.2) is 0 Å². The van der Waals surface area contributed by atoms with Gasteiger partial charge in [0, 0.05) is 39.5 Å². The first kappa shape index (κ1) is 17.0. The van der Waals surface area contributed by atoms with Crippen LogP contribution in [0.1, 0.15) is 24.5 Å². The van der Waals surface area contributed by atoms with E-state index in [4.69, 9.17) is 4.74 Å². The van der Waals surface area contributed by atoms with Gasteiger partial charge in [0.05, 0.1) is 12.7 Å². The molecule has 1 atom stereocenters. The number of methoxy groups -OCH3 is 1. The van der Waals surface area contributed by atoms with Crippen molar-refractivity contribution in [3.8, 4) is 0 Å². The van der Waals surface area contributed by atoms with Gasteiger partial charge in [-0.25, -0.2) is 0 Å². The number of ether oxygens (including phenoxy) is 1. The molecule has 4 heteroatoms. The lowest BCUT2D eigenvalue weighted by Crippen LogP contribution is -2.22. The van der Waals surface area contributed by atoms with E-state index >= 15 is 0 Å². The smallest absolute Gasteiger partial charge is 0.0587 e. The average Bonchev–Trinajstić information content (AvgIpc) is 2.42. The maximum Gasteiger partial charge on any atom is 0.0587 e. The molecule has 0 bridgehead atoms.